The number of aliphatic hydroxyl groups excluding tert-OH is 1. The summed E-state index contributed by atoms with van der Waals surface area (Å²) >= 11 is 0. The van der Waals surface area contributed by atoms with Gasteiger partial charge >= 0.3 is 0 Å². The summed E-state index contributed by atoms with van der Waals surface area (Å²) in [6.45, 7) is 1.04. The first kappa shape index (κ1) is 19.2. The molecule has 1 fully saturated rings. The maximum absolute atomic E-state index is 9.62. The van der Waals surface area contributed by atoms with E-state index in [0.29, 0.717) is 28.8 Å². The van der Waals surface area contributed by atoms with Gasteiger partial charge in [0.2, 0.25) is 5.82 Å². The van der Waals surface area contributed by atoms with Crippen LogP contribution in [0.2, 0.25) is 0 Å². The summed E-state index contributed by atoms with van der Waals surface area (Å²) in [6.07, 6.45) is 4.95. The fraction of sp³-hybridized carbons (Fsp3) is 0.381. The molecule has 0 saturated carbocycles. The van der Waals surface area contributed by atoms with Gasteiger partial charge in [-0.25, -0.2) is 4.98 Å². The Kier molecular flexibility index (Phi) is 5.62. The van der Waals surface area contributed by atoms with Crippen molar-refractivity contribution in [3.05, 3.63) is 36.5 Å². The summed E-state index contributed by atoms with van der Waals surface area (Å²) in [5.74, 6) is 2.79. The van der Waals surface area contributed by atoms with E-state index in [1.54, 1.807) is 20.4 Å². The molecule has 1 aromatic carbocycles. The SMILES string of the molecule is COc1cccc(-c2noc(-c3ccc(N4CCCC[C@@H]4CO)nc3)n2)c1OC. The Bertz CT molecular complexity index is 958. The zero-order chi connectivity index (χ0) is 20.2. The second-order valence-electron chi connectivity index (χ2n) is 6.89. The van der Waals surface area contributed by atoms with E-state index in [9.17, 15) is 5.11 Å². The minimum atomic E-state index is 0.123. The molecular formula is C21H24N4O4. The quantitative estimate of drug-likeness (QED) is 0.679. The van der Waals surface area contributed by atoms with Crippen molar-refractivity contribution in [3.8, 4) is 34.3 Å². The van der Waals surface area contributed by atoms with Gasteiger partial charge < -0.3 is 24.0 Å². The van der Waals surface area contributed by atoms with Gasteiger partial charge in [0, 0.05) is 12.7 Å². The van der Waals surface area contributed by atoms with Crippen molar-refractivity contribution < 1.29 is 19.1 Å². The maximum Gasteiger partial charge on any atom is 0.259 e. The number of aromatic nitrogens is 3. The predicted molar refractivity (Wildman–Crippen MR) is 108 cm³/mol. The van der Waals surface area contributed by atoms with Gasteiger partial charge in [-0.15, -0.1) is 0 Å². The molecule has 1 saturated heterocycles. The number of methoxy groups -OCH3 is 2. The molecule has 2 aromatic heterocycles. The van der Waals surface area contributed by atoms with Crippen LogP contribution in [0.3, 0.4) is 0 Å². The minimum absolute atomic E-state index is 0.123. The number of rotatable bonds is 6. The lowest BCUT2D eigenvalue weighted by molar-refractivity contribution is 0.239. The summed E-state index contributed by atoms with van der Waals surface area (Å²) in [4.78, 5) is 11.2. The molecule has 3 heterocycles. The third-order valence-electron chi connectivity index (χ3n) is 5.20. The molecule has 152 valence electrons. The molecule has 1 aliphatic rings. The lowest BCUT2D eigenvalue weighted by atomic mass is 10.0. The fourth-order valence-electron chi connectivity index (χ4n) is 3.69. The highest BCUT2D eigenvalue weighted by Crippen LogP contribution is 2.37. The first-order valence-electron chi connectivity index (χ1n) is 9.64. The number of anilines is 1. The van der Waals surface area contributed by atoms with E-state index in [4.69, 9.17) is 14.0 Å². The molecule has 0 spiro atoms. The molecule has 3 aromatic rings. The van der Waals surface area contributed by atoms with E-state index in [0.717, 1.165) is 37.2 Å². The van der Waals surface area contributed by atoms with Gasteiger partial charge in [-0.3, -0.25) is 0 Å². The average molecular weight is 396 g/mol. The van der Waals surface area contributed by atoms with E-state index >= 15 is 0 Å². The summed E-state index contributed by atoms with van der Waals surface area (Å²) in [5.41, 5.74) is 1.41. The summed E-state index contributed by atoms with van der Waals surface area (Å²) < 4.78 is 16.2. The van der Waals surface area contributed by atoms with Crippen molar-refractivity contribution in [1.29, 1.82) is 0 Å². The minimum Gasteiger partial charge on any atom is -0.493 e. The molecule has 8 nitrogen and oxygen atoms in total. The van der Waals surface area contributed by atoms with E-state index in [1.165, 1.54) is 0 Å². The number of aliphatic hydroxyl groups is 1. The van der Waals surface area contributed by atoms with Gasteiger partial charge in [-0.2, -0.15) is 4.98 Å². The van der Waals surface area contributed by atoms with Crippen LogP contribution in [-0.4, -0.2) is 53.6 Å². The molecule has 0 radical (unpaired) electrons. The average Bonchev–Trinajstić information content (AvgIpc) is 3.28. The monoisotopic (exact) mass is 396 g/mol. The fourth-order valence-corrected chi connectivity index (χ4v) is 3.69. The van der Waals surface area contributed by atoms with E-state index in [2.05, 4.69) is 20.0 Å². The van der Waals surface area contributed by atoms with Crippen molar-refractivity contribution in [1.82, 2.24) is 15.1 Å². The molecule has 1 atom stereocenters. The van der Waals surface area contributed by atoms with E-state index < -0.39 is 0 Å². The van der Waals surface area contributed by atoms with E-state index in [-0.39, 0.29) is 12.6 Å². The molecule has 0 bridgehead atoms. The van der Waals surface area contributed by atoms with Gasteiger partial charge in [0.1, 0.15) is 5.82 Å². The second-order valence-corrected chi connectivity index (χ2v) is 6.89. The largest absolute Gasteiger partial charge is 0.493 e. The second kappa shape index (κ2) is 8.48. The Morgan fingerprint density at radius 1 is 1.17 bits per heavy atom. The van der Waals surface area contributed by atoms with Crippen molar-refractivity contribution in [2.75, 3.05) is 32.3 Å². The normalized spacial score (nSPS) is 16.7. The molecule has 1 N–H and O–H groups in total. The highest BCUT2D eigenvalue weighted by molar-refractivity contribution is 5.69. The van der Waals surface area contributed by atoms with Gasteiger partial charge in [0.05, 0.1) is 38.0 Å². The van der Waals surface area contributed by atoms with Gasteiger partial charge in [0.25, 0.3) is 5.89 Å². The third kappa shape index (κ3) is 3.75. The standard InChI is InChI=1S/C21H24N4O4/c1-27-17-8-5-7-16(19(17)28-2)20-23-21(29-24-20)14-9-10-18(22-12-14)25-11-4-3-6-15(25)13-26/h5,7-10,12,15,26H,3-4,6,11,13H2,1-2H3/t15-/m1/s1. The predicted octanol–water partition coefficient (Wildman–Crippen LogP) is 3.17. The van der Waals surface area contributed by atoms with Crippen LogP contribution >= 0.6 is 0 Å². The lowest BCUT2D eigenvalue weighted by Crippen LogP contribution is -2.42. The topological polar surface area (TPSA) is 93.7 Å². The summed E-state index contributed by atoms with van der Waals surface area (Å²) in [6, 6.07) is 9.47. The first-order chi connectivity index (χ1) is 14.2. The molecule has 4 rings (SSSR count). The lowest BCUT2D eigenvalue weighted by Gasteiger charge is -2.35. The van der Waals surface area contributed by atoms with Crippen LogP contribution in [0, 0.1) is 0 Å². The molecule has 8 heteroatoms. The Labute approximate surface area is 169 Å². The number of piperidine rings is 1. The number of hydrogen-bond donors (Lipinski definition) is 1. The van der Waals surface area contributed by atoms with Crippen LogP contribution in [0.15, 0.2) is 41.1 Å². The van der Waals surface area contributed by atoms with Crippen LogP contribution in [0.5, 0.6) is 11.5 Å². The smallest absolute Gasteiger partial charge is 0.259 e. The van der Waals surface area contributed by atoms with Gasteiger partial charge in [-0.05, 0) is 43.5 Å². The highest BCUT2D eigenvalue weighted by Gasteiger charge is 2.23. The van der Waals surface area contributed by atoms with Crippen LogP contribution in [-0.2, 0) is 0 Å². The van der Waals surface area contributed by atoms with Crippen LogP contribution < -0.4 is 14.4 Å². The number of pyridine rings is 1. The van der Waals surface area contributed by atoms with E-state index in [1.807, 2.05) is 30.3 Å². The first-order valence-corrected chi connectivity index (χ1v) is 9.64. The molecule has 0 unspecified atom stereocenters. The molecular weight excluding hydrogens is 372 g/mol. The number of ether oxygens (including phenoxy) is 2. The maximum atomic E-state index is 9.62. The Morgan fingerprint density at radius 3 is 2.79 bits per heavy atom. The van der Waals surface area contributed by atoms with Crippen molar-refractivity contribution in [3.63, 3.8) is 0 Å². The van der Waals surface area contributed by atoms with Gasteiger partial charge in [0.15, 0.2) is 11.5 Å². The van der Waals surface area contributed by atoms with Crippen molar-refractivity contribution >= 4 is 5.82 Å². The number of benzene rings is 1. The van der Waals surface area contributed by atoms with Crippen LogP contribution in [0.1, 0.15) is 19.3 Å². The third-order valence-corrected chi connectivity index (χ3v) is 5.20. The molecule has 0 amide bonds. The molecule has 1 aliphatic heterocycles. The zero-order valence-electron chi connectivity index (χ0n) is 16.5. The Morgan fingerprint density at radius 2 is 2.07 bits per heavy atom. The van der Waals surface area contributed by atoms with Crippen LogP contribution in [0.25, 0.3) is 22.8 Å². The summed E-state index contributed by atoms with van der Waals surface area (Å²) in [7, 11) is 3.16. The zero-order valence-corrected chi connectivity index (χ0v) is 16.5. The Balaban J connectivity index is 1.59. The number of para-hydroxylation sites is 1. The van der Waals surface area contributed by atoms with Crippen molar-refractivity contribution in [2.24, 2.45) is 0 Å². The summed E-state index contributed by atoms with van der Waals surface area (Å²) in [5, 5.41) is 13.7. The van der Waals surface area contributed by atoms with Crippen LogP contribution in [0.4, 0.5) is 5.82 Å². The molecule has 29 heavy (non-hydrogen) atoms. The number of hydrogen-bond acceptors (Lipinski definition) is 8. The Hall–Kier alpha value is -3.13. The number of nitrogens with zero attached hydrogens (tertiary/aromatic N) is 4. The molecule has 0 aliphatic carbocycles. The highest BCUT2D eigenvalue weighted by atomic mass is 16.5. The van der Waals surface area contributed by atoms with Gasteiger partial charge in [-0.1, -0.05) is 11.2 Å². The van der Waals surface area contributed by atoms with Crippen molar-refractivity contribution in [2.45, 2.75) is 25.3 Å².